The molecule has 3 aromatic rings. The minimum atomic E-state index is -3.49. The summed E-state index contributed by atoms with van der Waals surface area (Å²) in [6.45, 7) is 14.0. The highest BCUT2D eigenvalue weighted by Gasteiger charge is 2.49. The first-order chi connectivity index (χ1) is 39.9. The summed E-state index contributed by atoms with van der Waals surface area (Å²) in [4.78, 5) is 0. The summed E-state index contributed by atoms with van der Waals surface area (Å²) in [5.74, 6) is -8.42. The molecule has 6 fully saturated rings. The fourth-order valence-corrected chi connectivity index (χ4v) is 11.9. The highest BCUT2D eigenvalue weighted by atomic mass is 19.3. The molecule has 6 aliphatic rings. The predicted molar refractivity (Wildman–Crippen MR) is 289 cm³/mol. The standard InChI is InChI=1S/C22H30F4O3.C21H28F4O3.C20H26F4O3/c1-3-4-5-15-12-27-21(28-13-15)16-6-8-17(9-7-16)22(25,26)29-18-10-19(23)14(2)20(24)11-18;1-3-4-14-11-26-20(27-12-14)15-5-7-16(8-6-15)21(24,25)28-17-9-18(22)13(2)19(23)10-17;1-3-13-10-25-19(26-11-13)14-4-6-15(7-5-14)20(23,24)27-16-8-17(21)12(2)18(22)9-16/h10-11,15-17,21H,3-9,12-13H2,1-2H3;9-10,14-16,20H,3-8,11-12H2,1-2H3;8-9,13-15,19H,3-7,10-11H2,1-2H3. The maximum Gasteiger partial charge on any atom is 0.400 e. The Morgan fingerprint density at radius 1 is 0.369 bits per heavy atom. The number of ether oxygens (including phenoxy) is 9. The average Bonchev–Trinajstić information content (AvgIpc) is 3.62. The van der Waals surface area contributed by atoms with Crippen LogP contribution in [0.4, 0.5) is 52.7 Å². The Hall–Kier alpha value is -4.02. The third kappa shape index (κ3) is 18.5. The van der Waals surface area contributed by atoms with E-state index < -0.39 is 88.2 Å². The number of unbranched alkanes of at least 4 members (excludes halogenated alkanes) is 1. The van der Waals surface area contributed by atoms with Crippen molar-refractivity contribution in [2.75, 3.05) is 39.6 Å². The molecule has 0 aromatic heterocycles. The summed E-state index contributed by atoms with van der Waals surface area (Å²) in [7, 11) is 0. The lowest BCUT2D eigenvalue weighted by molar-refractivity contribution is -0.248. The van der Waals surface area contributed by atoms with Gasteiger partial charge in [0.25, 0.3) is 0 Å². The van der Waals surface area contributed by atoms with Crippen LogP contribution in [-0.2, 0) is 28.4 Å². The first-order valence-corrected chi connectivity index (χ1v) is 30.2. The van der Waals surface area contributed by atoms with Crippen LogP contribution < -0.4 is 14.2 Å². The van der Waals surface area contributed by atoms with Crippen LogP contribution in [0.25, 0.3) is 0 Å². The number of halogens is 12. The van der Waals surface area contributed by atoms with Crippen molar-refractivity contribution < 1.29 is 95.3 Å². The molecule has 3 aliphatic carbocycles. The van der Waals surface area contributed by atoms with Gasteiger partial charge in [0.15, 0.2) is 18.9 Å². The third-order valence-electron chi connectivity index (χ3n) is 17.6. The van der Waals surface area contributed by atoms with Crippen LogP contribution in [0.15, 0.2) is 36.4 Å². The lowest BCUT2D eigenvalue weighted by Crippen LogP contribution is -2.42. The molecule has 0 spiro atoms. The molecule has 0 atom stereocenters. The minimum absolute atomic E-state index is 0.0865. The van der Waals surface area contributed by atoms with Crippen LogP contribution in [-0.4, -0.2) is 76.8 Å². The van der Waals surface area contributed by atoms with Crippen LogP contribution in [0.2, 0.25) is 0 Å². The Balaban J connectivity index is 0.000000181. The summed E-state index contributed by atoms with van der Waals surface area (Å²) in [5, 5.41) is 0. The number of hydrogen-bond donors (Lipinski definition) is 0. The zero-order valence-electron chi connectivity index (χ0n) is 49.1. The van der Waals surface area contributed by atoms with Gasteiger partial charge in [-0.15, -0.1) is 0 Å². The Labute approximate surface area is 486 Å². The van der Waals surface area contributed by atoms with E-state index in [0.717, 1.165) is 74.9 Å². The van der Waals surface area contributed by atoms with E-state index in [1.807, 2.05) is 0 Å². The molecule has 3 saturated heterocycles. The second kappa shape index (κ2) is 30.7. The van der Waals surface area contributed by atoms with Crippen LogP contribution in [0.1, 0.15) is 153 Å². The highest BCUT2D eigenvalue weighted by molar-refractivity contribution is 5.32. The molecule has 9 rings (SSSR count). The molecule has 3 saturated carbocycles. The normalized spacial score (nSPS) is 28.9. The molecule has 21 heteroatoms. The molecule has 0 radical (unpaired) electrons. The predicted octanol–water partition coefficient (Wildman–Crippen LogP) is 17.5. The second-order valence-corrected chi connectivity index (χ2v) is 23.9. The number of rotatable bonds is 18. The van der Waals surface area contributed by atoms with Crippen LogP contribution in [0.5, 0.6) is 17.2 Å². The maximum absolute atomic E-state index is 14.6. The van der Waals surface area contributed by atoms with Gasteiger partial charge in [-0.1, -0.05) is 40.0 Å². The van der Waals surface area contributed by atoms with Gasteiger partial charge < -0.3 is 42.6 Å². The lowest BCUT2D eigenvalue weighted by Gasteiger charge is -2.39. The molecule has 0 N–H and O–H groups in total. The van der Waals surface area contributed by atoms with E-state index >= 15 is 0 Å². The Kier molecular flexibility index (Phi) is 24.7. The van der Waals surface area contributed by atoms with Gasteiger partial charge in [0.1, 0.15) is 52.2 Å². The van der Waals surface area contributed by atoms with Crippen molar-refractivity contribution >= 4 is 0 Å². The minimum Gasteiger partial charge on any atom is -0.432 e. The summed E-state index contributed by atoms with van der Waals surface area (Å²) >= 11 is 0. The molecule has 474 valence electrons. The third-order valence-corrected chi connectivity index (χ3v) is 17.6. The van der Waals surface area contributed by atoms with E-state index in [4.69, 9.17) is 42.6 Å². The van der Waals surface area contributed by atoms with Gasteiger partial charge in [0.05, 0.1) is 57.4 Å². The van der Waals surface area contributed by atoms with Crippen molar-refractivity contribution in [2.45, 2.75) is 194 Å². The monoisotopic (exact) mass is 1210 g/mol. The lowest BCUT2D eigenvalue weighted by atomic mass is 9.80. The largest absolute Gasteiger partial charge is 0.432 e. The van der Waals surface area contributed by atoms with Gasteiger partial charge in [-0.2, -0.15) is 26.3 Å². The first kappa shape index (κ1) is 67.5. The van der Waals surface area contributed by atoms with E-state index in [-0.39, 0.29) is 91.8 Å². The van der Waals surface area contributed by atoms with E-state index in [1.165, 1.54) is 20.8 Å². The van der Waals surface area contributed by atoms with Crippen LogP contribution >= 0.6 is 0 Å². The zero-order chi connectivity index (χ0) is 60.9. The molecular formula is C63H84F12O9. The molecule has 0 bridgehead atoms. The van der Waals surface area contributed by atoms with Gasteiger partial charge in [-0.3, -0.25) is 0 Å². The maximum atomic E-state index is 14.6. The summed E-state index contributed by atoms with van der Waals surface area (Å²) in [5.41, 5.74) is -0.653. The first-order valence-electron chi connectivity index (χ1n) is 30.2. The van der Waals surface area contributed by atoms with Crippen molar-refractivity contribution in [1.29, 1.82) is 0 Å². The van der Waals surface area contributed by atoms with Crippen molar-refractivity contribution in [3.8, 4) is 17.2 Å². The molecule has 84 heavy (non-hydrogen) atoms. The molecule has 3 aromatic carbocycles. The van der Waals surface area contributed by atoms with E-state index in [2.05, 4.69) is 20.8 Å². The Morgan fingerprint density at radius 3 is 0.857 bits per heavy atom. The fourth-order valence-electron chi connectivity index (χ4n) is 11.9. The number of benzene rings is 3. The van der Waals surface area contributed by atoms with Crippen molar-refractivity contribution in [2.24, 2.45) is 53.3 Å². The Bertz CT molecular complexity index is 2420. The van der Waals surface area contributed by atoms with Crippen molar-refractivity contribution in [3.63, 3.8) is 0 Å². The molecule has 9 nitrogen and oxygen atoms in total. The summed E-state index contributed by atoms with van der Waals surface area (Å²) < 4.78 is 218. The number of hydrogen-bond acceptors (Lipinski definition) is 9. The zero-order valence-corrected chi connectivity index (χ0v) is 49.1. The van der Waals surface area contributed by atoms with Gasteiger partial charge in [-0.05, 0) is 117 Å². The fraction of sp³-hybridized carbons (Fsp3) is 0.714. The SMILES string of the molecule is CCC1COC(C2CCC(C(F)(F)Oc3cc(F)c(C)c(F)c3)CC2)OC1.CCCC1COC(C2CCC(C(F)(F)Oc3cc(F)c(C)c(F)c3)CC2)OC1.CCCCC1COC(C2CCC(C(F)(F)Oc3cc(F)c(C)c(F)c3)CC2)OC1. The van der Waals surface area contributed by atoms with Crippen molar-refractivity contribution in [1.82, 2.24) is 0 Å². The smallest absolute Gasteiger partial charge is 0.400 e. The van der Waals surface area contributed by atoms with E-state index in [1.54, 1.807) is 0 Å². The molecule has 3 heterocycles. The number of alkyl halides is 6. The van der Waals surface area contributed by atoms with Gasteiger partial charge in [0.2, 0.25) is 0 Å². The van der Waals surface area contributed by atoms with Crippen LogP contribution in [0, 0.1) is 109 Å². The Morgan fingerprint density at radius 2 is 0.619 bits per heavy atom. The molecule has 0 unspecified atom stereocenters. The molecular weight excluding hydrogens is 1130 g/mol. The van der Waals surface area contributed by atoms with Gasteiger partial charge in [-0.25, -0.2) is 26.3 Å². The highest BCUT2D eigenvalue weighted by Crippen LogP contribution is 2.46. The summed E-state index contributed by atoms with van der Waals surface area (Å²) in [6, 6.07) is 4.80. The van der Waals surface area contributed by atoms with Crippen LogP contribution in [0.3, 0.4) is 0 Å². The average molecular weight is 1210 g/mol. The van der Waals surface area contributed by atoms with Crippen molar-refractivity contribution in [3.05, 3.63) is 88.0 Å². The van der Waals surface area contributed by atoms with E-state index in [9.17, 15) is 52.7 Å². The molecule has 3 aliphatic heterocycles. The second-order valence-electron chi connectivity index (χ2n) is 23.9. The molecule has 0 amide bonds. The van der Waals surface area contributed by atoms with E-state index in [0.29, 0.717) is 95.9 Å². The quantitative estimate of drug-likeness (QED) is 0.116. The van der Waals surface area contributed by atoms with Gasteiger partial charge in [0, 0.05) is 88.6 Å². The summed E-state index contributed by atoms with van der Waals surface area (Å²) in [6.07, 6.45) is -0.202. The van der Waals surface area contributed by atoms with Gasteiger partial charge >= 0.3 is 18.3 Å². The topological polar surface area (TPSA) is 83.1 Å².